The summed E-state index contributed by atoms with van der Waals surface area (Å²) in [6.45, 7) is 0. The number of hydrogen-bond donors (Lipinski definition) is 0. The summed E-state index contributed by atoms with van der Waals surface area (Å²) in [6.07, 6.45) is 3.56. The summed E-state index contributed by atoms with van der Waals surface area (Å²) in [7, 11) is 0. The van der Waals surface area contributed by atoms with Crippen molar-refractivity contribution in [2.24, 2.45) is 0 Å². The zero-order valence-corrected chi connectivity index (χ0v) is 9.30. The molecule has 0 aliphatic heterocycles. The fourth-order valence-electron chi connectivity index (χ4n) is 2.38. The SMILES string of the molecule is O=Cc1nc(C2CCc3ccccc3C2)no1. The second-order valence-electron chi connectivity index (χ2n) is 4.32. The summed E-state index contributed by atoms with van der Waals surface area (Å²) < 4.78 is 4.83. The normalized spacial score (nSPS) is 18.7. The molecule has 1 atom stereocenters. The van der Waals surface area contributed by atoms with Gasteiger partial charge in [-0.2, -0.15) is 4.98 Å². The smallest absolute Gasteiger partial charge is 0.290 e. The summed E-state index contributed by atoms with van der Waals surface area (Å²) >= 11 is 0. The average Bonchev–Trinajstić information content (AvgIpc) is 2.87. The Morgan fingerprint density at radius 1 is 1.29 bits per heavy atom. The zero-order chi connectivity index (χ0) is 11.7. The third-order valence-electron chi connectivity index (χ3n) is 3.27. The molecule has 4 heteroatoms. The molecular formula is C13H12N2O2. The molecule has 1 aliphatic rings. The quantitative estimate of drug-likeness (QED) is 0.739. The molecule has 17 heavy (non-hydrogen) atoms. The highest BCUT2D eigenvalue weighted by atomic mass is 16.5. The van der Waals surface area contributed by atoms with E-state index >= 15 is 0 Å². The van der Waals surface area contributed by atoms with Crippen LogP contribution in [-0.4, -0.2) is 16.4 Å². The molecule has 1 aromatic heterocycles. The monoisotopic (exact) mass is 228 g/mol. The van der Waals surface area contributed by atoms with E-state index in [2.05, 4.69) is 28.3 Å². The Balaban J connectivity index is 1.86. The molecule has 0 radical (unpaired) electrons. The van der Waals surface area contributed by atoms with Gasteiger partial charge in [-0.15, -0.1) is 0 Å². The molecule has 2 aromatic rings. The Labute approximate surface area is 98.7 Å². The summed E-state index contributed by atoms with van der Waals surface area (Å²) in [4.78, 5) is 14.6. The summed E-state index contributed by atoms with van der Waals surface area (Å²) in [5.41, 5.74) is 2.75. The van der Waals surface area contributed by atoms with Crippen LogP contribution in [0.2, 0.25) is 0 Å². The predicted molar refractivity (Wildman–Crippen MR) is 60.9 cm³/mol. The molecule has 0 bridgehead atoms. The van der Waals surface area contributed by atoms with Crippen molar-refractivity contribution in [3.63, 3.8) is 0 Å². The van der Waals surface area contributed by atoms with E-state index in [4.69, 9.17) is 4.52 Å². The Kier molecular flexibility index (Phi) is 2.48. The van der Waals surface area contributed by atoms with E-state index in [1.807, 2.05) is 6.07 Å². The van der Waals surface area contributed by atoms with Gasteiger partial charge >= 0.3 is 0 Å². The van der Waals surface area contributed by atoms with Crippen molar-refractivity contribution in [2.45, 2.75) is 25.2 Å². The molecule has 4 nitrogen and oxygen atoms in total. The Bertz CT molecular complexity index is 548. The van der Waals surface area contributed by atoms with Crippen LogP contribution < -0.4 is 0 Å². The first kappa shape index (κ1) is 10.2. The lowest BCUT2D eigenvalue weighted by Crippen LogP contribution is -2.13. The van der Waals surface area contributed by atoms with Crippen LogP contribution in [0.5, 0.6) is 0 Å². The number of hydrogen-bond acceptors (Lipinski definition) is 4. The molecule has 1 aromatic carbocycles. The minimum Gasteiger partial charge on any atom is -0.331 e. The number of nitrogens with zero attached hydrogens (tertiary/aromatic N) is 2. The molecule has 1 aliphatic carbocycles. The van der Waals surface area contributed by atoms with Crippen molar-refractivity contribution in [3.8, 4) is 0 Å². The molecule has 0 amide bonds. The van der Waals surface area contributed by atoms with E-state index in [1.54, 1.807) is 0 Å². The average molecular weight is 228 g/mol. The number of aryl methyl sites for hydroxylation is 1. The van der Waals surface area contributed by atoms with Crippen LogP contribution in [0.25, 0.3) is 0 Å². The second kappa shape index (κ2) is 4.13. The van der Waals surface area contributed by atoms with Crippen molar-refractivity contribution in [1.82, 2.24) is 10.1 Å². The number of aldehydes is 1. The molecule has 3 rings (SSSR count). The van der Waals surface area contributed by atoms with Gasteiger partial charge in [-0.3, -0.25) is 4.79 Å². The maximum Gasteiger partial charge on any atom is 0.290 e. The molecule has 0 saturated heterocycles. The standard InChI is InChI=1S/C13H12N2O2/c16-8-12-14-13(15-17-12)11-6-5-9-3-1-2-4-10(9)7-11/h1-4,8,11H,5-7H2. The second-order valence-corrected chi connectivity index (χ2v) is 4.32. The van der Waals surface area contributed by atoms with E-state index in [9.17, 15) is 4.79 Å². The van der Waals surface area contributed by atoms with Gasteiger partial charge in [-0.25, -0.2) is 0 Å². The Morgan fingerprint density at radius 2 is 2.12 bits per heavy atom. The third-order valence-corrected chi connectivity index (χ3v) is 3.27. The molecule has 1 heterocycles. The lowest BCUT2D eigenvalue weighted by molar-refractivity contribution is 0.108. The highest BCUT2D eigenvalue weighted by Crippen LogP contribution is 2.30. The van der Waals surface area contributed by atoms with Crippen LogP contribution in [-0.2, 0) is 12.8 Å². The maximum absolute atomic E-state index is 10.5. The van der Waals surface area contributed by atoms with Crippen LogP contribution >= 0.6 is 0 Å². The highest BCUT2D eigenvalue weighted by Gasteiger charge is 2.23. The third kappa shape index (κ3) is 1.86. The summed E-state index contributed by atoms with van der Waals surface area (Å²) in [6, 6.07) is 8.42. The van der Waals surface area contributed by atoms with Crippen LogP contribution in [0.15, 0.2) is 28.8 Å². The first-order chi connectivity index (χ1) is 8.36. The first-order valence-electron chi connectivity index (χ1n) is 5.72. The van der Waals surface area contributed by atoms with Crippen molar-refractivity contribution >= 4 is 6.29 Å². The molecular weight excluding hydrogens is 216 g/mol. The number of carbonyl (C=O) groups excluding carboxylic acids is 1. The number of benzene rings is 1. The van der Waals surface area contributed by atoms with Crippen molar-refractivity contribution in [2.75, 3.05) is 0 Å². The van der Waals surface area contributed by atoms with Gasteiger partial charge in [-0.05, 0) is 30.4 Å². The van der Waals surface area contributed by atoms with Gasteiger partial charge in [0.15, 0.2) is 5.82 Å². The largest absolute Gasteiger partial charge is 0.331 e. The molecule has 1 unspecified atom stereocenters. The van der Waals surface area contributed by atoms with Gasteiger partial charge in [0.2, 0.25) is 6.29 Å². The minimum atomic E-state index is 0.0684. The molecule has 0 saturated carbocycles. The Hall–Kier alpha value is -1.97. The minimum absolute atomic E-state index is 0.0684. The van der Waals surface area contributed by atoms with Gasteiger partial charge in [0, 0.05) is 5.92 Å². The lowest BCUT2D eigenvalue weighted by atomic mass is 9.83. The van der Waals surface area contributed by atoms with E-state index in [0.717, 1.165) is 19.3 Å². The van der Waals surface area contributed by atoms with Gasteiger partial charge in [0.25, 0.3) is 5.89 Å². The van der Waals surface area contributed by atoms with E-state index in [1.165, 1.54) is 11.1 Å². The topological polar surface area (TPSA) is 56.0 Å². The van der Waals surface area contributed by atoms with Crippen molar-refractivity contribution in [1.29, 1.82) is 0 Å². The number of fused-ring (bicyclic) bond motifs is 1. The van der Waals surface area contributed by atoms with Gasteiger partial charge in [-0.1, -0.05) is 29.4 Å². The molecule has 0 fully saturated rings. The highest BCUT2D eigenvalue weighted by molar-refractivity contribution is 5.67. The lowest BCUT2D eigenvalue weighted by Gasteiger charge is -2.21. The fraction of sp³-hybridized carbons (Fsp3) is 0.308. The van der Waals surface area contributed by atoms with Gasteiger partial charge < -0.3 is 4.52 Å². The summed E-state index contributed by atoms with van der Waals surface area (Å²) in [5.74, 6) is 0.989. The van der Waals surface area contributed by atoms with Crippen molar-refractivity contribution in [3.05, 3.63) is 47.1 Å². The number of rotatable bonds is 2. The van der Waals surface area contributed by atoms with Gasteiger partial charge in [0.1, 0.15) is 0 Å². The van der Waals surface area contributed by atoms with Crippen molar-refractivity contribution < 1.29 is 9.32 Å². The van der Waals surface area contributed by atoms with E-state index in [-0.39, 0.29) is 11.8 Å². The maximum atomic E-state index is 10.5. The van der Waals surface area contributed by atoms with Crippen LogP contribution in [0.4, 0.5) is 0 Å². The number of carbonyl (C=O) groups is 1. The molecule has 86 valence electrons. The Morgan fingerprint density at radius 3 is 2.88 bits per heavy atom. The van der Waals surface area contributed by atoms with E-state index < -0.39 is 0 Å². The van der Waals surface area contributed by atoms with Crippen LogP contribution in [0, 0.1) is 0 Å². The summed E-state index contributed by atoms with van der Waals surface area (Å²) in [5, 5.41) is 3.87. The zero-order valence-electron chi connectivity index (χ0n) is 9.30. The van der Waals surface area contributed by atoms with Crippen LogP contribution in [0.3, 0.4) is 0 Å². The van der Waals surface area contributed by atoms with E-state index in [0.29, 0.717) is 12.1 Å². The molecule has 0 spiro atoms. The predicted octanol–water partition coefficient (Wildman–Crippen LogP) is 2.15. The molecule has 0 N–H and O–H groups in total. The van der Waals surface area contributed by atoms with Gasteiger partial charge in [0.05, 0.1) is 0 Å². The first-order valence-corrected chi connectivity index (χ1v) is 5.72. The fourth-order valence-corrected chi connectivity index (χ4v) is 2.38. The number of aromatic nitrogens is 2. The van der Waals surface area contributed by atoms with Crippen LogP contribution in [0.1, 0.15) is 40.0 Å².